The van der Waals surface area contributed by atoms with E-state index in [1.807, 2.05) is 35.1 Å². The summed E-state index contributed by atoms with van der Waals surface area (Å²) in [5, 5.41) is 4.38. The minimum Gasteiger partial charge on any atom is -0.337 e. The Morgan fingerprint density at radius 1 is 1.17 bits per heavy atom. The Hall–Kier alpha value is -2.49. The summed E-state index contributed by atoms with van der Waals surface area (Å²) in [6, 6.07) is 13.7. The van der Waals surface area contributed by atoms with Gasteiger partial charge < -0.3 is 4.90 Å². The van der Waals surface area contributed by atoms with E-state index in [0.717, 1.165) is 16.7 Å². The predicted molar refractivity (Wildman–Crippen MR) is 114 cm³/mol. The third-order valence-electron chi connectivity index (χ3n) is 4.25. The van der Waals surface area contributed by atoms with Crippen molar-refractivity contribution in [3.63, 3.8) is 0 Å². The van der Waals surface area contributed by atoms with Crippen LogP contribution in [-0.2, 0) is 29.5 Å². The predicted octanol–water partition coefficient (Wildman–Crippen LogP) is 2.36. The van der Waals surface area contributed by atoms with Crippen molar-refractivity contribution >= 4 is 27.3 Å². The van der Waals surface area contributed by atoms with Crippen LogP contribution < -0.4 is 4.72 Å². The lowest BCUT2D eigenvalue weighted by molar-refractivity contribution is 0.0790. The Bertz CT molecular complexity index is 1060. The van der Waals surface area contributed by atoms with E-state index in [1.54, 1.807) is 24.2 Å². The van der Waals surface area contributed by atoms with Gasteiger partial charge in [-0.2, -0.15) is 5.10 Å². The lowest BCUT2D eigenvalue weighted by Crippen LogP contribution is -2.25. The van der Waals surface area contributed by atoms with E-state index in [1.165, 1.54) is 16.9 Å². The van der Waals surface area contributed by atoms with Crippen molar-refractivity contribution in [2.75, 3.05) is 19.8 Å². The number of hydrogen-bond acceptors (Lipinski definition) is 5. The van der Waals surface area contributed by atoms with Crippen LogP contribution >= 0.6 is 11.3 Å². The monoisotopic (exact) mass is 432 g/mol. The number of carbonyl (C=O) groups is 1. The van der Waals surface area contributed by atoms with Crippen molar-refractivity contribution in [3.05, 3.63) is 75.7 Å². The average Bonchev–Trinajstić information content (AvgIpc) is 3.30. The molecule has 2 heterocycles. The standard InChI is InChI=1S/C20H24N4O3S2/c1-23(13-17-12-21-24(15-17)14-16-6-4-3-5-7-16)20(25)19-9-8-18(28-19)10-11-22-29(2,26)27/h3-9,12,15,22H,10-11,13-14H2,1-2H3. The molecule has 2 aromatic heterocycles. The highest BCUT2D eigenvalue weighted by Gasteiger charge is 2.15. The Labute approximate surface area is 175 Å². The van der Waals surface area contributed by atoms with E-state index in [9.17, 15) is 13.2 Å². The van der Waals surface area contributed by atoms with Crippen molar-refractivity contribution in [1.29, 1.82) is 0 Å². The number of rotatable bonds is 9. The molecule has 1 aromatic carbocycles. The van der Waals surface area contributed by atoms with Crippen LogP contribution in [0, 0.1) is 0 Å². The minimum absolute atomic E-state index is 0.0619. The third kappa shape index (κ3) is 6.52. The number of sulfonamides is 1. The molecule has 0 radical (unpaired) electrons. The molecule has 0 saturated heterocycles. The Morgan fingerprint density at radius 2 is 1.93 bits per heavy atom. The molecule has 0 spiro atoms. The third-order valence-corrected chi connectivity index (χ3v) is 6.11. The molecule has 7 nitrogen and oxygen atoms in total. The second-order valence-corrected chi connectivity index (χ2v) is 9.88. The van der Waals surface area contributed by atoms with Gasteiger partial charge in [0.2, 0.25) is 10.0 Å². The smallest absolute Gasteiger partial charge is 0.263 e. The topological polar surface area (TPSA) is 84.3 Å². The lowest BCUT2D eigenvalue weighted by atomic mass is 10.2. The summed E-state index contributed by atoms with van der Waals surface area (Å²) in [7, 11) is -1.43. The fraction of sp³-hybridized carbons (Fsp3) is 0.300. The number of nitrogens with one attached hydrogen (secondary N) is 1. The van der Waals surface area contributed by atoms with Gasteiger partial charge in [-0.15, -0.1) is 11.3 Å². The normalized spacial score (nSPS) is 11.5. The largest absolute Gasteiger partial charge is 0.337 e. The summed E-state index contributed by atoms with van der Waals surface area (Å²) in [6.45, 7) is 1.48. The summed E-state index contributed by atoms with van der Waals surface area (Å²) >= 11 is 1.39. The van der Waals surface area contributed by atoms with Crippen LogP contribution in [0.1, 0.15) is 25.7 Å². The van der Waals surface area contributed by atoms with Gasteiger partial charge in [0.05, 0.1) is 23.9 Å². The average molecular weight is 433 g/mol. The summed E-state index contributed by atoms with van der Waals surface area (Å²) in [5.74, 6) is -0.0619. The molecule has 29 heavy (non-hydrogen) atoms. The van der Waals surface area contributed by atoms with Crippen molar-refractivity contribution in [2.45, 2.75) is 19.5 Å². The van der Waals surface area contributed by atoms with Crippen LogP contribution in [-0.4, -0.2) is 48.9 Å². The van der Waals surface area contributed by atoms with Gasteiger partial charge in [-0.25, -0.2) is 13.1 Å². The van der Waals surface area contributed by atoms with Crippen molar-refractivity contribution in [3.8, 4) is 0 Å². The van der Waals surface area contributed by atoms with Gasteiger partial charge >= 0.3 is 0 Å². The quantitative estimate of drug-likeness (QED) is 0.563. The maximum absolute atomic E-state index is 12.7. The molecule has 3 aromatic rings. The summed E-state index contributed by atoms with van der Waals surface area (Å²) in [6.07, 6.45) is 5.42. The van der Waals surface area contributed by atoms with Crippen molar-refractivity contribution in [1.82, 2.24) is 19.4 Å². The van der Waals surface area contributed by atoms with Crippen molar-refractivity contribution < 1.29 is 13.2 Å². The number of carbonyl (C=O) groups excluding carboxylic acids is 1. The highest BCUT2D eigenvalue weighted by Crippen LogP contribution is 2.19. The highest BCUT2D eigenvalue weighted by molar-refractivity contribution is 7.88. The zero-order valence-electron chi connectivity index (χ0n) is 16.4. The Kier molecular flexibility index (Phi) is 6.83. The van der Waals surface area contributed by atoms with Crippen LogP contribution in [0.3, 0.4) is 0 Å². The Balaban J connectivity index is 1.54. The van der Waals surface area contributed by atoms with Gasteiger partial charge in [0.15, 0.2) is 0 Å². The van der Waals surface area contributed by atoms with Crippen molar-refractivity contribution in [2.24, 2.45) is 0 Å². The number of amides is 1. The molecule has 0 saturated carbocycles. The molecule has 0 aliphatic rings. The first-order chi connectivity index (χ1) is 13.8. The van der Waals surface area contributed by atoms with E-state index in [0.29, 0.717) is 30.9 Å². The van der Waals surface area contributed by atoms with Crippen LogP contribution in [0.4, 0.5) is 0 Å². The fourth-order valence-corrected chi connectivity index (χ4v) is 4.34. The molecule has 1 amide bonds. The van der Waals surface area contributed by atoms with Crippen LogP contribution in [0.15, 0.2) is 54.9 Å². The van der Waals surface area contributed by atoms with E-state index < -0.39 is 10.0 Å². The second kappa shape index (κ2) is 9.34. The first-order valence-electron chi connectivity index (χ1n) is 9.14. The van der Waals surface area contributed by atoms with Gasteiger partial charge in [-0.1, -0.05) is 30.3 Å². The van der Waals surface area contributed by atoms with E-state index in [2.05, 4.69) is 22.0 Å². The minimum atomic E-state index is -3.20. The van der Waals surface area contributed by atoms with Crippen LogP contribution in [0.2, 0.25) is 0 Å². The number of aromatic nitrogens is 2. The van der Waals surface area contributed by atoms with E-state index in [4.69, 9.17) is 0 Å². The maximum Gasteiger partial charge on any atom is 0.263 e. The zero-order chi connectivity index (χ0) is 20.9. The second-order valence-electron chi connectivity index (χ2n) is 6.88. The van der Waals surface area contributed by atoms with Crippen LogP contribution in [0.25, 0.3) is 0 Å². The fourth-order valence-electron chi connectivity index (χ4n) is 2.87. The summed E-state index contributed by atoms with van der Waals surface area (Å²) in [4.78, 5) is 16.0. The first kappa shape index (κ1) is 21.2. The molecule has 9 heteroatoms. The molecule has 0 aliphatic carbocycles. The van der Waals surface area contributed by atoms with Crippen LogP contribution in [0.5, 0.6) is 0 Å². The van der Waals surface area contributed by atoms with Gasteiger partial charge in [-0.05, 0) is 24.1 Å². The van der Waals surface area contributed by atoms with Gasteiger partial charge in [0.1, 0.15) is 0 Å². The lowest BCUT2D eigenvalue weighted by Gasteiger charge is -2.15. The molecule has 0 atom stereocenters. The first-order valence-corrected chi connectivity index (χ1v) is 11.8. The molecule has 1 N–H and O–H groups in total. The molecule has 0 bridgehead atoms. The molecular weight excluding hydrogens is 408 g/mol. The molecule has 0 unspecified atom stereocenters. The molecular formula is C20H24N4O3S2. The summed E-state index contributed by atoms with van der Waals surface area (Å²) in [5.41, 5.74) is 2.13. The molecule has 0 aliphatic heterocycles. The zero-order valence-corrected chi connectivity index (χ0v) is 18.0. The van der Waals surface area contributed by atoms with E-state index >= 15 is 0 Å². The number of benzene rings is 1. The van der Waals surface area contributed by atoms with Gasteiger partial charge in [-0.3, -0.25) is 9.48 Å². The molecule has 0 fully saturated rings. The Morgan fingerprint density at radius 3 is 2.66 bits per heavy atom. The SMILES string of the molecule is CN(Cc1cnn(Cc2ccccc2)c1)C(=O)c1ccc(CCNS(C)(=O)=O)s1. The van der Waals surface area contributed by atoms with Gasteiger partial charge in [0, 0.05) is 36.8 Å². The van der Waals surface area contributed by atoms with Gasteiger partial charge in [0.25, 0.3) is 5.91 Å². The highest BCUT2D eigenvalue weighted by atomic mass is 32.2. The maximum atomic E-state index is 12.7. The number of nitrogens with zero attached hydrogens (tertiary/aromatic N) is 3. The van der Waals surface area contributed by atoms with E-state index in [-0.39, 0.29) is 5.91 Å². The number of thiophene rings is 1. The molecule has 154 valence electrons. The molecule has 3 rings (SSSR count). The number of hydrogen-bond donors (Lipinski definition) is 1. The summed E-state index contributed by atoms with van der Waals surface area (Å²) < 4.78 is 26.6.